The Hall–Kier alpha value is -1.30. The highest BCUT2D eigenvalue weighted by atomic mass is 16.4. The molecule has 2 N–H and O–H groups in total. The van der Waals surface area contributed by atoms with E-state index in [1.54, 1.807) is 4.90 Å². The number of aliphatic carboxylic acids is 1. The zero-order valence-corrected chi connectivity index (χ0v) is 16.0. The molecule has 3 rings (SSSR count). The van der Waals surface area contributed by atoms with E-state index in [2.05, 4.69) is 10.2 Å². The lowest BCUT2D eigenvalue weighted by atomic mass is 9.81. The molecule has 6 nitrogen and oxygen atoms in total. The van der Waals surface area contributed by atoms with Gasteiger partial charge in [-0.2, -0.15) is 0 Å². The molecule has 1 saturated carbocycles. The first-order valence-corrected chi connectivity index (χ1v) is 10.6. The van der Waals surface area contributed by atoms with E-state index in [0.29, 0.717) is 26.1 Å². The van der Waals surface area contributed by atoms with Gasteiger partial charge in [-0.05, 0) is 64.1 Å². The molecule has 2 aliphatic heterocycles. The largest absolute Gasteiger partial charge is 0.481 e. The van der Waals surface area contributed by atoms with Gasteiger partial charge >= 0.3 is 12.0 Å². The van der Waals surface area contributed by atoms with Crippen molar-refractivity contribution in [1.29, 1.82) is 0 Å². The number of rotatable bonds is 9. The SMILES string of the molecule is O=C(NCCCCCCCN1CCCC1)N1C[C@@H]2CCC[C@@]2(C(=O)O)C1. The van der Waals surface area contributed by atoms with Crippen molar-refractivity contribution in [3.8, 4) is 0 Å². The number of fused-ring (bicyclic) bond motifs is 1. The van der Waals surface area contributed by atoms with Gasteiger partial charge in [-0.3, -0.25) is 4.79 Å². The average molecular weight is 366 g/mol. The minimum absolute atomic E-state index is 0.0749. The summed E-state index contributed by atoms with van der Waals surface area (Å²) in [4.78, 5) is 28.3. The van der Waals surface area contributed by atoms with Crippen molar-refractivity contribution in [3.63, 3.8) is 0 Å². The summed E-state index contributed by atoms with van der Waals surface area (Å²) in [6, 6.07) is -0.0749. The Bertz CT molecular complexity index is 493. The minimum atomic E-state index is -0.718. The molecule has 0 spiro atoms. The van der Waals surface area contributed by atoms with Crippen molar-refractivity contribution in [3.05, 3.63) is 0 Å². The summed E-state index contributed by atoms with van der Waals surface area (Å²) in [5, 5.41) is 12.6. The van der Waals surface area contributed by atoms with Crippen LogP contribution in [-0.4, -0.2) is 66.2 Å². The van der Waals surface area contributed by atoms with E-state index in [0.717, 1.165) is 25.7 Å². The number of unbranched alkanes of at least 4 members (excludes halogenated alkanes) is 4. The Morgan fingerprint density at radius 1 is 1.04 bits per heavy atom. The van der Waals surface area contributed by atoms with Crippen LogP contribution in [0.1, 0.15) is 64.2 Å². The molecule has 0 radical (unpaired) electrons. The summed E-state index contributed by atoms with van der Waals surface area (Å²) >= 11 is 0. The molecular weight excluding hydrogens is 330 g/mol. The maximum Gasteiger partial charge on any atom is 0.317 e. The molecule has 3 aliphatic rings. The predicted molar refractivity (Wildman–Crippen MR) is 101 cm³/mol. The van der Waals surface area contributed by atoms with Crippen LogP contribution in [0.3, 0.4) is 0 Å². The quantitative estimate of drug-likeness (QED) is 0.616. The van der Waals surface area contributed by atoms with Crippen molar-refractivity contribution in [1.82, 2.24) is 15.1 Å². The summed E-state index contributed by atoms with van der Waals surface area (Å²) in [5.41, 5.74) is -0.674. The Morgan fingerprint density at radius 2 is 1.77 bits per heavy atom. The molecule has 0 unspecified atom stereocenters. The van der Waals surface area contributed by atoms with Crippen LogP contribution in [0.2, 0.25) is 0 Å². The molecule has 1 aliphatic carbocycles. The average Bonchev–Trinajstić information content (AvgIpc) is 3.32. The van der Waals surface area contributed by atoms with Gasteiger partial charge in [0.15, 0.2) is 0 Å². The van der Waals surface area contributed by atoms with Crippen molar-refractivity contribution >= 4 is 12.0 Å². The van der Waals surface area contributed by atoms with Crippen LogP contribution in [0.25, 0.3) is 0 Å². The fourth-order valence-corrected chi connectivity index (χ4v) is 5.10. The molecule has 2 saturated heterocycles. The number of carbonyl (C=O) groups excluding carboxylic acids is 1. The van der Waals surface area contributed by atoms with Gasteiger partial charge in [-0.15, -0.1) is 0 Å². The number of urea groups is 1. The van der Waals surface area contributed by atoms with Gasteiger partial charge in [0, 0.05) is 19.6 Å². The third kappa shape index (κ3) is 4.51. The first-order chi connectivity index (χ1) is 12.6. The van der Waals surface area contributed by atoms with Crippen LogP contribution in [0.15, 0.2) is 0 Å². The maximum atomic E-state index is 12.3. The molecule has 148 valence electrons. The molecule has 0 aromatic heterocycles. The smallest absolute Gasteiger partial charge is 0.317 e. The molecule has 0 bridgehead atoms. The van der Waals surface area contributed by atoms with Gasteiger partial charge in [0.2, 0.25) is 0 Å². The predicted octanol–water partition coefficient (Wildman–Crippen LogP) is 2.93. The summed E-state index contributed by atoms with van der Waals surface area (Å²) in [6.45, 7) is 5.51. The molecule has 2 heterocycles. The van der Waals surface area contributed by atoms with Crippen LogP contribution in [0.4, 0.5) is 4.79 Å². The Balaban J connectivity index is 1.24. The van der Waals surface area contributed by atoms with Crippen LogP contribution >= 0.6 is 0 Å². The van der Waals surface area contributed by atoms with E-state index in [-0.39, 0.29) is 11.9 Å². The second-order valence-electron chi connectivity index (χ2n) is 8.48. The number of carbonyl (C=O) groups is 2. The highest BCUT2D eigenvalue weighted by molar-refractivity contribution is 5.80. The second kappa shape index (κ2) is 9.07. The van der Waals surface area contributed by atoms with Gasteiger partial charge in [0.05, 0.1) is 5.41 Å². The van der Waals surface area contributed by atoms with Crippen LogP contribution in [0, 0.1) is 11.3 Å². The molecule has 2 amide bonds. The first-order valence-electron chi connectivity index (χ1n) is 10.6. The summed E-state index contributed by atoms with van der Waals surface area (Å²) in [5.74, 6) is -0.578. The van der Waals surface area contributed by atoms with Gasteiger partial charge in [0.1, 0.15) is 0 Å². The Morgan fingerprint density at radius 3 is 2.50 bits per heavy atom. The Kier molecular flexibility index (Phi) is 6.79. The summed E-state index contributed by atoms with van der Waals surface area (Å²) < 4.78 is 0. The van der Waals surface area contributed by atoms with Crippen molar-refractivity contribution in [2.24, 2.45) is 11.3 Å². The first kappa shape index (κ1) is 19.5. The lowest BCUT2D eigenvalue weighted by Gasteiger charge is -2.23. The van der Waals surface area contributed by atoms with Crippen molar-refractivity contribution in [2.45, 2.75) is 64.2 Å². The number of hydrogen-bond donors (Lipinski definition) is 2. The van der Waals surface area contributed by atoms with Crippen molar-refractivity contribution < 1.29 is 14.7 Å². The van der Waals surface area contributed by atoms with E-state index >= 15 is 0 Å². The topological polar surface area (TPSA) is 72.9 Å². The van der Waals surface area contributed by atoms with Crippen LogP contribution < -0.4 is 5.32 Å². The maximum absolute atomic E-state index is 12.3. The Labute approximate surface area is 157 Å². The van der Waals surface area contributed by atoms with E-state index in [9.17, 15) is 14.7 Å². The monoisotopic (exact) mass is 365 g/mol. The molecule has 0 aromatic rings. The summed E-state index contributed by atoms with van der Waals surface area (Å²) in [7, 11) is 0. The molecule has 2 atom stereocenters. The molecule has 3 fully saturated rings. The van der Waals surface area contributed by atoms with Gasteiger partial charge in [-0.25, -0.2) is 4.79 Å². The zero-order valence-electron chi connectivity index (χ0n) is 16.0. The summed E-state index contributed by atoms with van der Waals surface area (Å²) in [6.07, 6.45) is 11.3. The number of likely N-dealkylation sites (tertiary alicyclic amines) is 2. The van der Waals surface area contributed by atoms with Crippen molar-refractivity contribution in [2.75, 3.05) is 39.3 Å². The highest BCUT2D eigenvalue weighted by Crippen LogP contribution is 2.48. The molecule has 26 heavy (non-hydrogen) atoms. The fraction of sp³-hybridized carbons (Fsp3) is 0.900. The molecule has 0 aromatic carbocycles. The van der Waals surface area contributed by atoms with Gasteiger partial charge in [-0.1, -0.05) is 25.7 Å². The lowest BCUT2D eigenvalue weighted by Crippen LogP contribution is -2.41. The highest BCUT2D eigenvalue weighted by Gasteiger charge is 2.55. The normalized spacial score (nSPS) is 28.5. The minimum Gasteiger partial charge on any atom is -0.481 e. The van der Waals surface area contributed by atoms with E-state index in [1.165, 1.54) is 51.7 Å². The van der Waals surface area contributed by atoms with Crippen LogP contribution in [0.5, 0.6) is 0 Å². The number of amides is 2. The third-order valence-corrected chi connectivity index (χ3v) is 6.71. The number of hydrogen-bond acceptors (Lipinski definition) is 3. The van der Waals surface area contributed by atoms with Crippen LogP contribution in [-0.2, 0) is 4.79 Å². The zero-order chi connectivity index (χ0) is 18.4. The fourth-order valence-electron chi connectivity index (χ4n) is 5.10. The standard InChI is InChI=1S/C20H35N3O3/c24-18(25)20-10-8-9-17(20)15-23(16-20)19(26)21-11-4-2-1-3-5-12-22-13-6-7-14-22/h17H,1-16H2,(H,21,26)(H,24,25)/t17-,20+/m0/s1. The van der Waals surface area contributed by atoms with E-state index in [4.69, 9.17) is 0 Å². The van der Waals surface area contributed by atoms with E-state index in [1.807, 2.05) is 0 Å². The van der Waals surface area contributed by atoms with Gasteiger partial charge < -0.3 is 20.2 Å². The number of nitrogens with one attached hydrogen (secondary N) is 1. The number of nitrogens with zero attached hydrogens (tertiary/aromatic N) is 2. The molecule has 6 heteroatoms. The third-order valence-electron chi connectivity index (χ3n) is 6.71. The lowest BCUT2D eigenvalue weighted by molar-refractivity contribution is -0.149. The second-order valence-corrected chi connectivity index (χ2v) is 8.48. The van der Waals surface area contributed by atoms with Gasteiger partial charge in [0.25, 0.3) is 0 Å². The van der Waals surface area contributed by atoms with E-state index < -0.39 is 11.4 Å². The number of carboxylic acid groups (broad SMARTS) is 1. The number of carboxylic acids is 1. The molecular formula is C20H35N3O3.